The molecule has 2 N–H and O–H groups in total. The molecule has 0 spiro atoms. The van der Waals surface area contributed by atoms with E-state index in [1.54, 1.807) is 12.1 Å². The van der Waals surface area contributed by atoms with Crippen LogP contribution in [-0.2, 0) is 0 Å². The Hall–Kier alpha value is -1.35. The lowest BCUT2D eigenvalue weighted by Crippen LogP contribution is -2.29. The van der Waals surface area contributed by atoms with Gasteiger partial charge in [-0.15, -0.1) is 0 Å². The summed E-state index contributed by atoms with van der Waals surface area (Å²) in [6.45, 7) is 1.94. The first-order chi connectivity index (χ1) is 7.29. The molecule has 15 heavy (non-hydrogen) atoms. The Balaban J connectivity index is 2.29. The van der Waals surface area contributed by atoms with Gasteiger partial charge in [-0.2, -0.15) is 0 Å². The summed E-state index contributed by atoms with van der Waals surface area (Å²) in [7, 11) is 0. The van der Waals surface area contributed by atoms with Crippen molar-refractivity contribution in [2.24, 2.45) is 0 Å². The Morgan fingerprint density at radius 1 is 1.40 bits per heavy atom. The molecule has 1 aliphatic heterocycles. The van der Waals surface area contributed by atoms with E-state index >= 15 is 0 Å². The van der Waals surface area contributed by atoms with Gasteiger partial charge in [0.05, 0.1) is 5.56 Å². The summed E-state index contributed by atoms with van der Waals surface area (Å²) < 4.78 is 0. The van der Waals surface area contributed by atoms with Crippen molar-refractivity contribution in [3.8, 4) is 0 Å². The predicted octanol–water partition coefficient (Wildman–Crippen LogP) is 1.85. The Morgan fingerprint density at radius 2 is 2.20 bits per heavy atom. The molecule has 80 valence electrons. The van der Waals surface area contributed by atoms with E-state index in [2.05, 4.69) is 5.32 Å². The van der Waals surface area contributed by atoms with Gasteiger partial charge in [-0.05, 0) is 36.9 Å². The minimum Gasteiger partial charge on any atom is -0.478 e. The van der Waals surface area contributed by atoms with Gasteiger partial charge in [0.15, 0.2) is 0 Å². The molecule has 1 aromatic rings. The van der Waals surface area contributed by atoms with Crippen LogP contribution in [0.3, 0.4) is 0 Å². The highest BCUT2D eigenvalue weighted by molar-refractivity contribution is 5.89. The van der Waals surface area contributed by atoms with Crippen molar-refractivity contribution in [1.82, 2.24) is 5.32 Å². The minimum absolute atomic E-state index is 0.353. The maximum atomic E-state index is 11.0. The van der Waals surface area contributed by atoms with Crippen LogP contribution in [0.5, 0.6) is 0 Å². The molecule has 0 amide bonds. The first-order valence-corrected chi connectivity index (χ1v) is 5.32. The standard InChI is InChI=1S/C12H15NO2/c14-12(15)11-6-2-1-5-10(11)9-4-3-7-13-8-9/h1-2,5-6,9,13H,3-4,7-8H2,(H,14,15)/t9-/m1/s1. The molecule has 1 saturated heterocycles. The summed E-state index contributed by atoms with van der Waals surface area (Å²) in [5.74, 6) is -0.470. The number of piperidine rings is 1. The first kappa shape index (κ1) is 10.2. The van der Waals surface area contributed by atoms with E-state index in [4.69, 9.17) is 5.11 Å². The molecule has 0 unspecified atom stereocenters. The predicted molar refractivity (Wildman–Crippen MR) is 58.2 cm³/mol. The zero-order valence-corrected chi connectivity index (χ0v) is 8.57. The second-order valence-corrected chi connectivity index (χ2v) is 3.94. The van der Waals surface area contributed by atoms with Crippen molar-refractivity contribution in [2.75, 3.05) is 13.1 Å². The van der Waals surface area contributed by atoms with Crippen molar-refractivity contribution in [3.05, 3.63) is 35.4 Å². The average Bonchev–Trinajstić information content (AvgIpc) is 2.30. The van der Waals surface area contributed by atoms with Crippen molar-refractivity contribution < 1.29 is 9.90 Å². The fourth-order valence-electron chi connectivity index (χ4n) is 2.17. The van der Waals surface area contributed by atoms with Crippen molar-refractivity contribution in [1.29, 1.82) is 0 Å². The van der Waals surface area contributed by atoms with E-state index in [9.17, 15) is 4.79 Å². The molecule has 1 aromatic carbocycles. The molecule has 0 aliphatic carbocycles. The topological polar surface area (TPSA) is 49.3 Å². The van der Waals surface area contributed by atoms with Gasteiger partial charge in [0.2, 0.25) is 0 Å². The normalized spacial score (nSPS) is 21.2. The summed E-state index contributed by atoms with van der Waals surface area (Å²) in [5, 5.41) is 12.4. The highest BCUT2D eigenvalue weighted by Gasteiger charge is 2.20. The monoisotopic (exact) mass is 205 g/mol. The number of rotatable bonds is 2. The molecule has 3 heteroatoms. The van der Waals surface area contributed by atoms with Gasteiger partial charge in [-0.25, -0.2) is 4.79 Å². The van der Waals surface area contributed by atoms with Gasteiger partial charge in [0.1, 0.15) is 0 Å². The van der Waals surface area contributed by atoms with E-state index in [-0.39, 0.29) is 0 Å². The number of aromatic carboxylic acids is 1. The summed E-state index contributed by atoms with van der Waals surface area (Å²) in [4.78, 5) is 11.0. The fraction of sp³-hybridized carbons (Fsp3) is 0.417. The van der Waals surface area contributed by atoms with Gasteiger partial charge in [-0.1, -0.05) is 18.2 Å². The number of nitrogens with one attached hydrogen (secondary N) is 1. The second kappa shape index (κ2) is 4.45. The molecule has 0 saturated carbocycles. The molecule has 3 nitrogen and oxygen atoms in total. The van der Waals surface area contributed by atoms with E-state index in [1.807, 2.05) is 12.1 Å². The molecule has 1 atom stereocenters. The van der Waals surface area contributed by atoms with E-state index < -0.39 is 5.97 Å². The van der Waals surface area contributed by atoms with Gasteiger partial charge >= 0.3 is 5.97 Å². The lowest BCUT2D eigenvalue weighted by atomic mass is 9.88. The van der Waals surface area contributed by atoms with Crippen LogP contribution in [0, 0.1) is 0 Å². The number of benzene rings is 1. The Labute approximate surface area is 89.1 Å². The third kappa shape index (κ3) is 2.18. The first-order valence-electron chi connectivity index (χ1n) is 5.32. The number of carboxylic acid groups (broad SMARTS) is 1. The van der Waals surface area contributed by atoms with Crippen LogP contribution < -0.4 is 5.32 Å². The molecule has 0 aromatic heterocycles. The van der Waals surface area contributed by atoms with Crippen LogP contribution in [0.2, 0.25) is 0 Å². The Bertz CT molecular complexity index is 356. The Morgan fingerprint density at radius 3 is 2.87 bits per heavy atom. The lowest BCUT2D eigenvalue weighted by molar-refractivity contribution is 0.0695. The zero-order chi connectivity index (χ0) is 10.7. The lowest BCUT2D eigenvalue weighted by Gasteiger charge is -2.24. The largest absolute Gasteiger partial charge is 0.478 e. The number of carboxylic acids is 1. The quantitative estimate of drug-likeness (QED) is 0.774. The maximum absolute atomic E-state index is 11.0. The van der Waals surface area contributed by atoms with Crippen LogP contribution in [0.1, 0.15) is 34.7 Å². The highest BCUT2D eigenvalue weighted by Crippen LogP contribution is 2.26. The number of hydrogen-bond acceptors (Lipinski definition) is 2. The third-order valence-corrected chi connectivity index (χ3v) is 2.93. The van der Waals surface area contributed by atoms with Gasteiger partial charge < -0.3 is 10.4 Å². The Kier molecular flexibility index (Phi) is 3.02. The minimum atomic E-state index is -0.823. The molecule has 1 heterocycles. The fourth-order valence-corrected chi connectivity index (χ4v) is 2.17. The maximum Gasteiger partial charge on any atom is 0.335 e. The molecule has 0 bridgehead atoms. The number of carbonyl (C=O) groups is 1. The van der Waals surface area contributed by atoms with Crippen LogP contribution in [0.25, 0.3) is 0 Å². The van der Waals surface area contributed by atoms with E-state index in [0.29, 0.717) is 11.5 Å². The average molecular weight is 205 g/mol. The van der Waals surface area contributed by atoms with E-state index in [0.717, 1.165) is 31.5 Å². The van der Waals surface area contributed by atoms with Crippen LogP contribution >= 0.6 is 0 Å². The van der Waals surface area contributed by atoms with Crippen molar-refractivity contribution in [2.45, 2.75) is 18.8 Å². The van der Waals surface area contributed by atoms with Crippen molar-refractivity contribution in [3.63, 3.8) is 0 Å². The third-order valence-electron chi connectivity index (χ3n) is 2.93. The summed E-state index contributed by atoms with van der Waals surface area (Å²) in [6, 6.07) is 7.31. The van der Waals surface area contributed by atoms with Crippen molar-refractivity contribution >= 4 is 5.97 Å². The van der Waals surface area contributed by atoms with Crippen LogP contribution in [-0.4, -0.2) is 24.2 Å². The van der Waals surface area contributed by atoms with Gasteiger partial charge in [0.25, 0.3) is 0 Å². The molecular formula is C12H15NO2. The highest BCUT2D eigenvalue weighted by atomic mass is 16.4. The molecule has 0 radical (unpaired) electrons. The molecule has 1 aliphatic rings. The summed E-state index contributed by atoms with van der Waals surface area (Å²) >= 11 is 0. The summed E-state index contributed by atoms with van der Waals surface area (Å²) in [6.07, 6.45) is 2.20. The van der Waals surface area contributed by atoms with Crippen LogP contribution in [0.4, 0.5) is 0 Å². The SMILES string of the molecule is O=C(O)c1ccccc1[C@@H]1CCCNC1. The number of hydrogen-bond donors (Lipinski definition) is 2. The zero-order valence-electron chi connectivity index (χ0n) is 8.57. The van der Waals surface area contributed by atoms with Gasteiger partial charge in [0, 0.05) is 6.54 Å². The van der Waals surface area contributed by atoms with Gasteiger partial charge in [-0.3, -0.25) is 0 Å². The second-order valence-electron chi connectivity index (χ2n) is 3.94. The molecular weight excluding hydrogens is 190 g/mol. The molecule has 1 fully saturated rings. The van der Waals surface area contributed by atoms with E-state index in [1.165, 1.54) is 0 Å². The molecule has 2 rings (SSSR count). The summed E-state index contributed by atoms with van der Waals surface area (Å²) in [5.41, 5.74) is 1.42. The van der Waals surface area contributed by atoms with Crippen LogP contribution in [0.15, 0.2) is 24.3 Å². The smallest absolute Gasteiger partial charge is 0.335 e.